The quantitative estimate of drug-likeness (QED) is 0.360. The molecular weight excluding hydrogens is 252 g/mol. The highest BCUT2D eigenvalue weighted by molar-refractivity contribution is 5.84. The van der Waals surface area contributed by atoms with Gasteiger partial charge in [0.2, 0.25) is 5.91 Å². The van der Waals surface area contributed by atoms with Crippen LogP contribution in [0.5, 0.6) is 0 Å². The van der Waals surface area contributed by atoms with Crippen LogP contribution in [0.1, 0.15) is 71.1 Å². The third-order valence-corrected chi connectivity index (χ3v) is 5.04. The highest BCUT2D eigenvalue weighted by Crippen LogP contribution is 2.29. The van der Waals surface area contributed by atoms with Crippen LogP contribution in [-0.2, 0) is 4.79 Å². The first kappa shape index (κ1) is 15.3. The van der Waals surface area contributed by atoms with E-state index in [-0.39, 0.29) is 11.8 Å². The van der Waals surface area contributed by atoms with Crippen LogP contribution in [0.25, 0.3) is 0 Å². The number of nitrogens with zero attached hydrogens (tertiary/aromatic N) is 1. The van der Waals surface area contributed by atoms with Crippen LogP contribution in [-0.4, -0.2) is 22.9 Å². The Morgan fingerprint density at radius 2 is 1.60 bits per heavy atom. The summed E-state index contributed by atoms with van der Waals surface area (Å²) in [5.41, 5.74) is 0.818. The van der Waals surface area contributed by atoms with Gasteiger partial charge in [-0.25, -0.2) is 0 Å². The molecule has 2 rings (SSSR count). The lowest BCUT2D eigenvalue weighted by Crippen LogP contribution is -2.39. The molecule has 0 saturated heterocycles. The van der Waals surface area contributed by atoms with E-state index in [4.69, 9.17) is 5.21 Å². The van der Waals surface area contributed by atoms with Gasteiger partial charge >= 0.3 is 0 Å². The smallest absolute Gasteiger partial charge is 0.223 e. The third kappa shape index (κ3) is 4.22. The van der Waals surface area contributed by atoms with E-state index in [2.05, 4.69) is 10.5 Å². The highest BCUT2D eigenvalue weighted by atomic mass is 16.4. The van der Waals surface area contributed by atoms with E-state index in [1.807, 2.05) is 6.92 Å². The molecule has 0 heterocycles. The van der Waals surface area contributed by atoms with Crippen molar-refractivity contribution in [1.29, 1.82) is 0 Å². The zero-order chi connectivity index (χ0) is 14.4. The summed E-state index contributed by atoms with van der Waals surface area (Å²) in [4.78, 5) is 12.4. The molecule has 2 N–H and O–H groups in total. The lowest BCUT2D eigenvalue weighted by Gasteiger charge is -2.25. The minimum Gasteiger partial charge on any atom is -0.411 e. The van der Waals surface area contributed by atoms with Crippen LogP contribution >= 0.6 is 0 Å². The maximum Gasteiger partial charge on any atom is 0.223 e. The molecule has 2 unspecified atom stereocenters. The monoisotopic (exact) mass is 280 g/mol. The summed E-state index contributed by atoms with van der Waals surface area (Å²) in [6.07, 6.45) is 11.1. The van der Waals surface area contributed by atoms with Crippen LogP contribution in [0.2, 0.25) is 0 Å². The molecule has 0 aromatic carbocycles. The summed E-state index contributed by atoms with van der Waals surface area (Å²) in [6, 6.07) is 0.413. The molecule has 0 radical (unpaired) electrons. The van der Waals surface area contributed by atoms with E-state index < -0.39 is 0 Å². The number of oxime groups is 1. The zero-order valence-electron chi connectivity index (χ0n) is 12.6. The standard InChI is InChI=1S/C16H28N2O2/c1-12(18-20)13-6-5-7-14(11-10-13)16(19)17-15-8-3-2-4-9-15/h13-15,20H,2-11H2,1H3,(H,17,19)/b18-12+. The third-order valence-electron chi connectivity index (χ3n) is 5.04. The second-order valence-corrected chi connectivity index (χ2v) is 6.49. The SMILES string of the molecule is C/C(=N\O)C1CCCC(C(=O)NC2CCCCC2)CC1. The van der Waals surface area contributed by atoms with E-state index >= 15 is 0 Å². The van der Waals surface area contributed by atoms with Gasteiger partial charge in [0.15, 0.2) is 0 Å². The van der Waals surface area contributed by atoms with Crippen molar-refractivity contribution < 1.29 is 10.0 Å². The fourth-order valence-corrected chi connectivity index (χ4v) is 3.63. The van der Waals surface area contributed by atoms with Gasteiger partial charge in [-0.05, 0) is 45.4 Å². The van der Waals surface area contributed by atoms with Gasteiger partial charge in [-0.1, -0.05) is 30.8 Å². The lowest BCUT2D eigenvalue weighted by atomic mass is 9.92. The number of rotatable bonds is 3. The maximum atomic E-state index is 12.4. The highest BCUT2D eigenvalue weighted by Gasteiger charge is 2.27. The van der Waals surface area contributed by atoms with Gasteiger partial charge in [-0.15, -0.1) is 0 Å². The summed E-state index contributed by atoms with van der Waals surface area (Å²) in [5.74, 6) is 0.775. The fourth-order valence-electron chi connectivity index (χ4n) is 3.63. The maximum absolute atomic E-state index is 12.4. The van der Waals surface area contributed by atoms with Gasteiger partial charge in [0.1, 0.15) is 0 Å². The first-order valence-corrected chi connectivity index (χ1v) is 8.19. The molecular formula is C16H28N2O2. The Labute approximate surface area is 122 Å². The summed E-state index contributed by atoms with van der Waals surface area (Å²) < 4.78 is 0. The Morgan fingerprint density at radius 1 is 0.950 bits per heavy atom. The fraction of sp³-hybridized carbons (Fsp3) is 0.875. The molecule has 2 saturated carbocycles. The molecule has 20 heavy (non-hydrogen) atoms. The zero-order valence-corrected chi connectivity index (χ0v) is 12.6. The summed E-state index contributed by atoms with van der Waals surface area (Å²) >= 11 is 0. The van der Waals surface area contributed by atoms with Crippen molar-refractivity contribution >= 4 is 11.6 Å². The summed E-state index contributed by atoms with van der Waals surface area (Å²) in [6.45, 7) is 1.88. The summed E-state index contributed by atoms with van der Waals surface area (Å²) in [5, 5.41) is 15.5. The Balaban J connectivity index is 1.81. The number of hydrogen-bond donors (Lipinski definition) is 2. The molecule has 0 aromatic rings. The minimum absolute atomic E-state index is 0.161. The molecule has 2 aliphatic rings. The second-order valence-electron chi connectivity index (χ2n) is 6.49. The van der Waals surface area contributed by atoms with E-state index in [1.165, 1.54) is 19.3 Å². The molecule has 0 spiro atoms. The van der Waals surface area contributed by atoms with Gasteiger partial charge in [0.25, 0.3) is 0 Å². The van der Waals surface area contributed by atoms with Gasteiger partial charge < -0.3 is 10.5 Å². The van der Waals surface area contributed by atoms with Crippen molar-refractivity contribution in [2.75, 3.05) is 0 Å². The Kier molecular flexibility index (Phi) is 5.86. The average Bonchev–Trinajstić information content (AvgIpc) is 2.73. The topological polar surface area (TPSA) is 61.7 Å². The lowest BCUT2D eigenvalue weighted by molar-refractivity contribution is -0.126. The second kappa shape index (κ2) is 7.65. The average molecular weight is 280 g/mol. The first-order valence-electron chi connectivity index (χ1n) is 8.19. The number of amides is 1. The molecule has 2 aliphatic carbocycles. The van der Waals surface area contributed by atoms with Gasteiger partial charge in [0.05, 0.1) is 5.71 Å². The van der Waals surface area contributed by atoms with Crippen LogP contribution in [0.4, 0.5) is 0 Å². The van der Waals surface area contributed by atoms with Crippen LogP contribution in [0, 0.1) is 11.8 Å². The van der Waals surface area contributed by atoms with Crippen LogP contribution in [0.15, 0.2) is 5.16 Å². The first-order chi connectivity index (χ1) is 9.70. The predicted octanol–water partition coefficient (Wildman–Crippen LogP) is 3.48. The molecule has 0 aliphatic heterocycles. The Morgan fingerprint density at radius 3 is 2.30 bits per heavy atom. The van der Waals surface area contributed by atoms with Gasteiger partial charge in [-0.3, -0.25) is 4.79 Å². The molecule has 2 fully saturated rings. The largest absolute Gasteiger partial charge is 0.411 e. The Bertz CT molecular complexity index is 348. The molecule has 4 heteroatoms. The van der Waals surface area contributed by atoms with Crippen molar-refractivity contribution in [3.05, 3.63) is 0 Å². The van der Waals surface area contributed by atoms with E-state index in [0.29, 0.717) is 12.0 Å². The van der Waals surface area contributed by atoms with Gasteiger partial charge in [-0.2, -0.15) is 0 Å². The van der Waals surface area contributed by atoms with Crippen molar-refractivity contribution in [2.24, 2.45) is 17.0 Å². The van der Waals surface area contributed by atoms with E-state index in [9.17, 15) is 4.79 Å². The minimum atomic E-state index is 0.161. The summed E-state index contributed by atoms with van der Waals surface area (Å²) in [7, 11) is 0. The Hall–Kier alpha value is -1.06. The number of hydrogen-bond acceptors (Lipinski definition) is 3. The molecule has 4 nitrogen and oxygen atoms in total. The number of nitrogens with one attached hydrogen (secondary N) is 1. The van der Waals surface area contributed by atoms with Gasteiger partial charge in [0, 0.05) is 17.9 Å². The van der Waals surface area contributed by atoms with Crippen molar-refractivity contribution in [3.8, 4) is 0 Å². The van der Waals surface area contributed by atoms with E-state index in [0.717, 1.165) is 50.7 Å². The normalized spacial score (nSPS) is 29.8. The van der Waals surface area contributed by atoms with Crippen molar-refractivity contribution in [3.63, 3.8) is 0 Å². The predicted molar refractivity (Wildman–Crippen MR) is 80.0 cm³/mol. The molecule has 114 valence electrons. The number of carbonyl (C=O) groups excluding carboxylic acids is 1. The molecule has 1 amide bonds. The van der Waals surface area contributed by atoms with Crippen LogP contribution in [0.3, 0.4) is 0 Å². The molecule has 0 bridgehead atoms. The van der Waals surface area contributed by atoms with Crippen LogP contribution < -0.4 is 5.32 Å². The number of carbonyl (C=O) groups is 1. The van der Waals surface area contributed by atoms with Crippen molar-refractivity contribution in [2.45, 2.75) is 77.2 Å². The van der Waals surface area contributed by atoms with Crippen molar-refractivity contribution in [1.82, 2.24) is 5.32 Å². The molecule has 0 aromatic heterocycles. The molecule has 2 atom stereocenters. The van der Waals surface area contributed by atoms with E-state index in [1.54, 1.807) is 0 Å².